The van der Waals surface area contributed by atoms with Crippen molar-refractivity contribution in [3.8, 4) is 0 Å². The molecule has 0 spiro atoms. The average molecular weight is 191 g/mol. The fourth-order valence-electron chi connectivity index (χ4n) is 0.997. The molecule has 12 heavy (non-hydrogen) atoms. The first kappa shape index (κ1) is 12.3. The second kappa shape index (κ2) is 9.40. The Morgan fingerprint density at radius 3 is 1.75 bits per heavy atom. The highest BCUT2D eigenvalue weighted by Crippen LogP contribution is 2.06. The van der Waals surface area contributed by atoms with Crippen molar-refractivity contribution in [1.82, 2.24) is 0 Å². The summed E-state index contributed by atoms with van der Waals surface area (Å²) in [5, 5.41) is 0. The summed E-state index contributed by atoms with van der Waals surface area (Å²) in [7, 11) is 0. The first-order valence-electron chi connectivity index (χ1n) is 5.15. The van der Waals surface area contributed by atoms with Gasteiger partial charge in [-0.05, 0) is 19.8 Å². The minimum atomic E-state index is 0.276. The summed E-state index contributed by atoms with van der Waals surface area (Å²) in [5.41, 5.74) is 0. The third kappa shape index (κ3) is 6.99. The van der Waals surface area contributed by atoms with Crippen LogP contribution in [0.15, 0.2) is 0 Å². The van der Waals surface area contributed by atoms with Gasteiger partial charge in [-0.1, -0.05) is 26.7 Å². The predicted octanol–water partition coefficient (Wildman–Crippen LogP) is 3.16. The van der Waals surface area contributed by atoms with E-state index in [0.29, 0.717) is 0 Å². The Bertz CT molecular complexity index is 77.9. The van der Waals surface area contributed by atoms with Gasteiger partial charge in [-0.2, -0.15) is 4.18 Å². The molecule has 1 nitrogen and oxygen atoms in total. The van der Waals surface area contributed by atoms with Gasteiger partial charge < -0.3 is 0 Å². The van der Waals surface area contributed by atoms with Crippen molar-refractivity contribution in [2.75, 3.05) is 18.1 Å². The maximum atomic E-state index is 5.67. The van der Waals surface area contributed by atoms with Crippen LogP contribution in [0.5, 0.6) is 0 Å². The molecule has 2 heteroatoms. The number of rotatable bonds is 8. The normalized spacial score (nSPS) is 11.0. The van der Waals surface area contributed by atoms with Crippen LogP contribution in [0, 0.1) is 0 Å². The highest BCUT2D eigenvalue weighted by molar-refractivity contribution is 7.92. The average Bonchev–Trinajstić information content (AvgIpc) is 2.10. The maximum absolute atomic E-state index is 5.67. The van der Waals surface area contributed by atoms with E-state index in [1.807, 2.05) is 0 Å². The van der Waals surface area contributed by atoms with E-state index in [4.69, 9.17) is 4.18 Å². The number of unbranched alkanes of at least 4 members (excludes halogenated alkanes) is 2. The Balaban J connectivity index is 3.40. The quantitative estimate of drug-likeness (QED) is 0.536. The Kier molecular flexibility index (Phi) is 9.64. The van der Waals surface area contributed by atoms with E-state index in [-0.39, 0.29) is 11.2 Å². The van der Waals surface area contributed by atoms with E-state index in [1.165, 1.54) is 37.2 Å². The van der Waals surface area contributed by atoms with Gasteiger partial charge in [0.1, 0.15) is 29.3 Å². The van der Waals surface area contributed by atoms with Gasteiger partial charge in [0.15, 0.2) is 0 Å². The fourth-order valence-corrected chi connectivity index (χ4v) is 2.99. The van der Waals surface area contributed by atoms with Crippen LogP contribution in [-0.4, -0.2) is 18.1 Å². The largest absolute Gasteiger partial charge is 0.174 e. The molecular weight excluding hydrogens is 168 g/mol. The van der Waals surface area contributed by atoms with Crippen molar-refractivity contribution < 1.29 is 4.18 Å². The van der Waals surface area contributed by atoms with Gasteiger partial charge >= 0.3 is 0 Å². The fraction of sp³-hybridized carbons (Fsp3) is 1.00. The molecule has 0 amide bonds. The first-order chi connectivity index (χ1) is 5.85. The van der Waals surface area contributed by atoms with Crippen LogP contribution < -0.4 is 0 Å². The van der Waals surface area contributed by atoms with Crippen molar-refractivity contribution in [3.05, 3.63) is 0 Å². The zero-order chi connectivity index (χ0) is 9.23. The number of hydrogen-bond acceptors (Lipinski definition) is 1. The van der Waals surface area contributed by atoms with E-state index in [0.717, 1.165) is 6.61 Å². The van der Waals surface area contributed by atoms with E-state index in [2.05, 4.69) is 20.8 Å². The molecule has 0 aromatic rings. The molecule has 0 N–H and O–H groups in total. The van der Waals surface area contributed by atoms with Crippen LogP contribution in [0.25, 0.3) is 0 Å². The molecule has 0 aliphatic rings. The lowest BCUT2D eigenvalue weighted by atomic mass is 10.4. The lowest BCUT2D eigenvalue weighted by Crippen LogP contribution is -2.15. The molecule has 0 rings (SSSR count). The minimum absolute atomic E-state index is 0.276. The van der Waals surface area contributed by atoms with Gasteiger partial charge in [-0.15, -0.1) is 0 Å². The summed E-state index contributed by atoms with van der Waals surface area (Å²) >= 11 is 0.276. The second-order valence-corrected chi connectivity index (χ2v) is 4.89. The zero-order valence-electron chi connectivity index (χ0n) is 8.77. The monoisotopic (exact) mass is 191 g/mol. The van der Waals surface area contributed by atoms with Crippen LogP contribution in [0.4, 0.5) is 0 Å². The van der Waals surface area contributed by atoms with Crippen molar-refractivity contribution in [2.45, 2.75) is 46.5 Å². The molecule has 0 aromatic carbocycles. The van der Waals surface area contributed by atoms with Gasteiger partial charge in [0.2, 0.25) is 0 Å². The van der Waals surface area contributed by atoms with E-state index in [1.54, 1.807) is 0 Å². The summed E-state index contributed by atoms with van der Waals surface area (Å²) in [6.07, 6.45) is 5.24. The topological polar surface area (TPSA) is 9.23 Å². The van der Waals surface area contributed by atoms with Crippen LogP contribution in [-0.2, 0) is 15.4 Å². The van der Waals surface area contributed by atoms with Crippen LogP contribution >= 0.6 is 0 Å². The highest BCUT2D eigenvalue weighted by atomic mass is 32.2. The summed E-state index contributed by atoms with van der Waals surface area (Å²) in [5.74, 6) is 2.56. The van der Waals surface area contributed by atoms with Gasteiger partial charge in [0.25, 0.3) is 0 Å². The molecule has 0 heterocycles. The Labute approximate surface area is 80.4 Å². The van der Waals surface area contributed by atoms with E-state index < -0.39 is 0 Å². The molecule has 0 atom stereocenters. The van der Waals surface area contributed by atoms with Gasteiger partial charge in [-0.3, -0.25) is 0 Å². The minimum Gasteiger partial charge on any atom is -0.174 e. The molecule has 0 fully saturated rings. The van der Waals surface area contributed by atoms with E-state index in [9.17, 15) is 0 Å². The van der Waals surface area contributed by atoms with Gasteiger partial charge in [-0.25, -0.2) is 0 Å². The van der Waals surface area contributed by atoms with Crippen LogP contribution in [0.3, 0.4) is 0 Å². The molecule has 0 bridgehead atoms. The molecule has 0 saturated carbocycles. The molecule has 0 aromatic heterocycles. The predicted molar refractivity (Wildman–Crippen MR) is 58.5 cm³/mol. The standard InChI is InChI=1S/C10H23OS/c1-4-7-9-12(11-6-3)10-8-5-2/h4-10H2,1-3H3/q+1. The molecule has 0 aliphatic heterocycles. The first-order valence-corrected chi connectivity index (χ1v) is 6.64. The Morgan fingerprint density at radius 1 is 0.917 bits per heavy atom. The lowest BCUT2D eigenvalue weighted by Gasteiger charge is -2.04. The Hall–Kier alpha value is 0.310. The molecule has 0 unspecified atom stereocenters. The zero-order valence-corrected chi connectivity index (χ0v) is 9.58. The summed E-state index contributed by atoms with van der Waals surface area (Å²) < 4.78 is 5.67. The molecule has 0 aliphatic carbocycles. The maximum Gasteiger partial charge on any atom is 0.147 e. The van der Waals surface area contributed by atoms with Gasteiger partial charge in [0, 0.05) is 0 Å². The van der Waals surface area contributed by atoms with Crippen LogP contribution in [0.1, 0.15) is 46.5 Å². The van der Waals surface area contributed by atoms with Crippen molar-refractivity contribution in [2.24, 2.45) is 0 Å². The summed E-state index contributed by atoms with van der Waals surface area (Å²) in [6, 6.07) is 0. The summed E-state index contributed by atoms with van der Waals surface area (Å²) in [6.45, 7) is 7.47. The summed E-state index contributed by atoms with van der Waals surface area (Å²) in [4.78, 5) is 0. The molecule has 0 radical (unpaired) electrons. The third-order valence-electron chi connectivity index (χ3n) is 1.74. The van der Waals surface area contributed by atoms with Crippen molar-refractivity contribution >= 4 is 11.2 Å². The Morgan fingerprint density at radius 2 is 1.42 bits per heavy atom. The highest BCUT2D eigenvalue weighted by Gasteiger charge is 2.17. The van der Waals surface area contributed by atoms with Crippen LogP contribution in [0.2, 0.25) is 0 Å². The SMILES string of the molecule is CCCC[S+](CCCC)OCC. The molecule has 0 saturated heterocycles. The number of hydrogen-bond donors (Lipinski definition) is 0. The molecular formula is C10H23OS+. The van der Waals surface area contributed by atoms with E-state index >= 15 is 0 Å². The van der Waals surface area contributed by atoms with Crippen molar-refractivity contribution in [3.63, 3.8) is 0 Å². The lowest BCUT2D eigenvalue weighted by molar-refractivity contribution is 0.386. The second-order valence-electron chi connectivity index (χ2n) is 2.96. The van der Waals surface area contributed by atoms with Gasteiger partial charge in [0.05, 0.1) is 0 Å². The molecule has 74 valence electrons. The third-order valence-corrected chi connectivity index (χ3v) is 3.79. The smallest absolute Gasteiger partial charge is 0.147 e. The van der Waals surface area contributed by atoms with Crippen molar-refractivity contribution in [1.29, 1.82) is 0 Å².